The summed E-state index contributed by atoms with van der Waals surface area (Å²) in [6.45, 7) is 0. The summed E-state index contributed by atoms with van der Waals surface area (Å²) in [5.41, 5.74) is -1.34. The Kier molecular flexibility index (Phi) is 1.67. The SMILES string of the molecule is O=C1[C]=C(C(F)(F)F)N=C[N]1. The first-order chi connectivity index (χ1) is 5.00. The van der Waals surface area contributed by atoms with Crippen LogP contribution in [0.5, 0.6) is 0 Å². The molecule has 0 aliphatic carbocycles. The van der Waals surface area contributed by atoms with Crippen LogP contribution >= 0.6 is 0 Å². The predicted octanol–water partition coefficient (Wildman–Crippen LogP) is 0.409. The zero-order chi connectivity index (χ0) is 8.48. The zero-order valence-electron chi connectivity index (χ0n) is 5.01. The lowest BCUT2D eigenvalue weighted by atomic mass is 10.3. The van der Waals surface area contributed by atoms with Gasteiger partial charge in [-0.3, -0.25) is 4.79 Å². The monoisotopic (exact) mass is 162 g/mol. The van der Waals surface area contributed by atoms with Crippen LogP contribution in [0.3, 0.4) is 0 Å². The van der Waals surface area contributed by atoms with Crippen molar-refractivity contribution >= 4 is 12.2 Å². The van der Waals surface area contributed by atoms with Crippen LogP contribution in [0.25, 0.3) is 0 Å². The Hall–Kier alpha value is -1.33. The number of carbonyl (C=O) groups excluding carboxylic acids is 1. The maximum absolute atomic E-state index is 11.7. The van der Waals surface area contributed by atoms with E-state index in [1.54, 1.807) is 0 Å². The second-order valence-corrected chi connectivity index (χ2v) is 1.65. The van der Waals surface area contributed by atoms with Crippen LogP contribution in [0.2, 0.25) is 0 Å². The normalized spacial score (nSPS) is 17.7. The lowest BCUT2D eigenvalue weighted by Crippen LogP contribution is -2.22. The van der Waals surface area contributed by atoms with Gasteiger partial charge in [0.2, 0.25) is 0 Å². The molecular formula is C5HF3N2O. The fourth-order valence-corrected chi connectivity index (χ4v) is 0.449. The summed E-state index contributed by atoms with van der Waals surface area (Å²) >= 11 is 0. The quantitative estimate of drug-likeness (QED) is 0.508. The number of alkyl halides is 3. The molecule has 0 atom stereocenters. The Morgan fingerprint density at radius 2 is 2.09 bits per heavy atom. The van der Waals surface area contributed by atoms with Gasteiger partial charge >= 0.3 is 6.18 Å². The van der Waals surface area contributed by atoms with Gasteiger partial charge in [0.15, 0.2) is 5.70 Å². The van der Waals surface area contributed by atoms with E-state index in [4.69, 9.17) is 0 Å². The van der Waals surface area contributed by atoms with Crippen molar-refractivity contribution in [1.29, 1.82) is 0 Å². The van der Waals surface area contributed by atoms with Crippen LogP contribution in [0.4, 0.5) is 13.2 Å². The number of carbonyl (C=O) groups is 1. The van der Waals surface area contributed by atoms with E-state index < -0.39 is 17.8 Å². The van der Waals surface area contributed by atoms with Gasteiger partial charge in [0.25, 0.3) is 5.91 Å². The van der Waals surface area contributed by atoms with E-state index in [2.05, 4.69) is 10.3 Å². The molecule has 1 aliphatic heterocycles. The molecule has 0 saturated carbocycles. The standard InChI is InChI=1S/C5HF3N2O/c6-5(7,8)3-1-4(11)10-2-9-3/h2H. The fourth-order valence-electron chi connectivity index (χ4n) is 0.449. The first-order valence-electron chi connectivity index (χ1n) is 2.48. The van der Waals surface area contributed by atoms with Gasteiger partial charge < -0.3 is 0 Å². The molecule has 1 rings (SSSR count). The van der Waals surface area contributed by atoms with Crippen LogP contribution < -0.4 is 5.32 Å². The van der Waals surface area contributed by atoms with E-state index in [1.165, 1.54) is 6.08 Å². The van der Waals surface area contributed by atoms with E-state index in [0.29, 0.717) is 6.34 Å². The summed E-state index contributed by atoms with van der Waals surface area (Å²) in [4.78, 5) is 13.0. The molecule has 6 heteroatoms. The third-order valence-electron chi connectivity index (χ3n) is 0.856. The van der Waals surface area contributed by atoms with Gasteiger partial charge in [0, 0.05) is 0 Å². The Morgan fingerprint density at radius 1 is 1.45 bits per heavy atom. The van der Waals surface area contributed by atoms with E-state index in [-0.39, 0.29) is 0 Å². The highest BCUT2D eigenvalue weighted by atomic mass is 19.4. The fraction of sp³-hybridized carbons (Fsp3) is 0.200. The van der Waals surface area contributed by atoms with Gasteiger partial charge in [-0.1, -0.05) is 0 Å². The highest BCUT2D eigenvalue weighted by Crippen LogP contribution is 2.26. The van der Waals surface area contributed by atoms with E-state index in [0.717, 1.165) is 0 Å². The van der Waals surface area contributed by atoms with E-state index in [9.17, 15) is 18.0 Å². The summed E-state index contributed by atoms with van der Waals surface area (Å²) in [7, 11) is 0. The Labute approximate surface area is 59.6 Å². The maximum atomic E-state index is 11.7. The zero-order valence-corrected chi connectivity index (χ0v) is 5.01. The summed E-state index contributed by atoms with van der Waals surface area (Å²) in [5, 5.41) is 2.93. The van der Waals surface area contributed by atoms with E-state index in [1.807, 2.05) is 0 Å². The first-order valence-corrected chi connectivity index (χ1v) is 2.48. The van der Waals surface area contributed by atoms with E-state index >= 15 is 0 Å². The van der Waals surface area contributed by atoms with Gasteiger partial charge in [0.05, 0.1) is 6.08 Å². The maximum Gasteiger partial charge on any atom is 0.434 e. The third kappa shape index (κ3) is 1.79. The van der Waals surface area contributed by atoms with Crippen molar-refractivity contribution < 1.29 is 18.0 Å². The number of halogens is 3. The van der Waals surface area contributed by atoms with Crippen LogP contribution in [0, 0.1) is 6.08 Å². The Bertz CT molecular complexity index is 241. The largest absolute Gasteiger partial charge is 0.434 e. The molecule has 58 valence electrons. The van der Waals surface area contributed by atoms with Crippen LogP contribution in [0.15, 0.2) is 10.7 Å². The molecule has 3 nitrogen and oxygen atoms in total. The minimum absolute atomic E-state index is 0.557. The van der Waals surface area contributed by atoms with Crippen LogP contribution in [0.1, 0.15) is 0 Å². The van der Waals surface area contributed by atoms with Crippen molar-refractivity contribution in [3.05, 3.63) is 11.8 Å². The van der Waals surface area contributed by atoms with Crippen molar-refractivity contribution in [3.8, 4) is 0 Å². The molecule has 0 bridgehead atoms. The highest BCUT2D eigenvalue weighted by molar-refractivity contribution is 5.94. The number of nitrogens with zero attached hydrogens (tertiary/aromatic N) is 2. The summed E-state index contributed by atoms with van der Waals surface area (Å²) in [6.07, 6.45) is -2.62. The first kappa shape index (κ1) is 7.77. The second-order valence-electron chi connectivity index (χ2n) is 1.65. The Morgan fingerprint density at radius 3 is 2.45 bits per heavy atom. The number of aliphatic imine (C=N–C) groups is 1. The molecule has 2 radical (unpaired) electrons. The molecule has 0 spiro atoms. The second kappa shape index (κ2) is 2.37. The lowest BCUT2D eigenvalue weighted by Gasteiger charge is -2.07. The Balaban J connectivity index is 2.88. The molecule has 0 aromatic rings. The van der Waals surface area contributed by atoms with Crippen molar-refractivity contribution in [3.63, 3.8) is 0 Å². The van der Waals surface area contributed by atoms with Gasteiger partial charge in [-0.05, 0) is 0 Å². The molecule has 0 N–H and O–H groups in total. The highest BCUT2D eigenvalue weighted by Gasteiger charge is 2.35. The van der Waals surface area contributed by atoms with Crippen molar-refractivity contribution in [1.82, 2.24) is 5.32 Å². The van der Waals surface area contributed by atoms with Gasteiger partial charge in [-0.25, -0.2) is 4.99 Å². The molecule has 1 heterocycles. The average Bonchev–Trinajstić information content (AvgIpc) is 1.86. The van der Waals surface area contributed by atoms with Crippen molar-refractivity contribution in [2.75, 3.05) is 0 Å². The molecule has 0 aromatic carbocycles. The van der Waals surface area contributed by atoms with Gasteiger partial charge in [-0.15, -0.1) is 0 Å². The summed E-state index contributed by atoms with van der Waals surface area (Å²) in [6, 6.07) is 0. The number of amides is 1. The number of hydrogen-bond acceptors (Lipinski definition) is 2. The van der Waals surface area contributed by atoms with Gasteiger partial charge in [-0.2, -0.15) is 18.5 Å². The minimum atomic E-state index is -4.62. The molecule has 0 unspecified atom stereocenters. The predicted molar refractivity (Wildman–Crippen MR) is 28.4 cm³/mol. The van der Waals surface area contributed by atoms with Crippen LogP contribution in [-0.4, -0.2) is 18.4 Å². The topological polar surface area (TPSA) is 43.5 Å². The minimum Gasteiger partial charge on any atom is -0.267 e. The molecular weight excluding hydrogens is 161 g/mol. The molecule has 1 aliphatic rings. The number of allylic oxidation sites excluding steroid dienone is 1. The smallest absolute Gasteiger partial charge is 0.267 e. The van der Waals surface area contributed by atoms with Crippen molar-refractivity contribution in [2.45, 2.75) is 6.18 Å². The molecule has 1 amide bonds. The molecule has 0 saturated heterocycles. The number of hydrogen-bond donors (Lipinski definition) is 0. The molecule has 0 aromatic heterocycles. The van der Waals surface area contributed by atoms with Crippen molar-refractivity contribution in [2.24, 2.45) is 4.99 Å². The summed E-state index contributed by atoms with van der Waals surface area (Å²) in [5.74, 6) is -1.06. The third-order valence-corrected chi connectivity index (χ3v) is 0.856. The lowest BCUT2D eigenvalue weighted by molar-refractivity contribution is -0.118. The molecule has 11 heavy (non-hydrogen) atoms. The van der Waals surface area contributed by atoms with Gasteiger partial charge in [0.1, 0.15) is 6.34 Å². The van der Waals surface area contributed by atoms with Crippen LogP contribution in [-0.2, 0) is 4.79 Å². The molecule has 0 fully saturated rings. The number of rotatable bonds is 0. The summed E-state index contributed by atoms with van der Waals surface area (Å²) < 4.78 is 35.1. The average molecular weight is 162 g/mol.